The van der Waals surface area contributed by atoms with E-state index in [0.717, 1.165) is 17.1 Å². The Morgan fingerprint density at radius 1 is 1.19 bits per heavy atom. The number of anilines is 1. The first-order valence-corrected chi connectivity index (χ1v) is 6.81. The molecule has 0 unspecified atom stereocenters. The molecule has 1 atom stereocenters. The van der Waals surface area contributed by atoms with Gasteiger partial charge in [-0.05, 0) is 54.1 Å². The van der Waals surface area contributed by atoms with Crippen LogP contribution in [0.1, 0.15) is 25.5 Å². The molecule has 2 heterocycles. The van der Waals surface area contributed by atoms with Crippen molar-refractivity contribution in [1.82, 2.24) is 25.3 Å². The van der Waals surface area contributed by atoms with E-state index in [4.69, 9.17) is 4.74 Å². The largest absolute Gasteiger partial charge is 0.494 e. The molecule has 0 aliphatic carbocycles. The molecule has 0 bridgehead atoms. The van der Waals surface area contributed by atoms with Crippen LogP contribution in [0.4, 0.5) is 5.82 Å². The van der Waals surface area contributed by atoms with Crippen molar-refractivity contribution >= 4 is 11.5 Å². The van der Waals surface area contributed by atoms with Crippen LogP contribution >= 0.6 is 0 Å². The summed E-state index contributed by atoms with van der Waals surface area (Å²) < 4.78 is 6.84. The van der Waals surface area contributed by atoms with Gasteiger partial charge >= 0.3 is 0 Å². The van der Waals surface area contributed by atoms with Gasteiger partial charge in [-0.25, -0.2) is 0 Å². The van der Waals surface area contributed by atoms with Crippen LogP contribution in [-0.2, 0) is 0 Å². The van der Waals surface area contributed by atoms with E-state index in [9.17, 15) is 0 Å². The third kappa shape index (κ3) is 2.91. The molecule has 0 aliphatic rings. The highest BCUT2D eigenvalue weighted by Gasteiger charge is 2.07. The number of aromatic nitrogens is 5. The Morgan fingerprint density at radius 2 is 2.00 bits per heavy atom. The van der Waals surface area contributed by atoms with Crippen LogP contribution in [0.25, 0.3) is 5.65 Å². The zero-order valence-corrected chi connectivity index (χ0v) is 11.9. The van der Waals surface area contributed by atoms with Crippen LogP contribution in [0, 0.1) is 0 Å². The Labute approximate surface area is 121 Å². The fourth-order valence-corrected chi connectivity index (χ4v) is 2.05. The lowest BCUT2D eigenvalue weighted by molar-refractivity contribution is 0.340. The molecule has 0 fully saturated rings. The standard InChI is InChI=1S/C14H16N6O/c1-3-21-12-6-4-11(5-7-12)10(2)15-13-8-9-14-16-18-19-20(14)17-13/h4-10H,3H2,1-2H3,(H,15,17)/t10-/m1/s1. The Balaban J connectivity index is 1.73. The van der Waals surface area contributed by atoms with Gasteiger partial charge in [-0.3, -0.25) is 0 Å². The molecule has 3 rings (SSSR count). The molecule has 0 aliphatic heterocycles. The third-order valence-corrected chi connectivity index (χ3v) is 3.13. The van der Waals surface area contributed by atoms with Gasteiger partial charge < -0.3 is 10.1 Å². The zero-order chi connectivity index (χ0) is 14.7. The van der Waals surface area contributed by atoms with Gasteiger partial charge in [-0.15, -0.1) is 14.8 Å². The number of ether oxygens (including phenoxy) is 1. The van der Waals surface area contributed by atoms with Crippen molar-refractivity contribution in [2.75, 3.05) is 11.9 Å². The lowest BCUT2D eigenvalue weighted by Gasteiger charge is -2.15. The minimum Gasteiger partial charge on any atom is -0.494 e. The van der Waals surface area contributed by atoms with Gasteiger partial charge in [0.2, 0.25) is 0 Å². The summed E-state index contributed by atoms with van der Waals surface area (Å²) in [5.74, 6) is 1.60. The first-order chi connectivity index (χ1) is 10.3. The Morgan fingerprint density at radius 3 is 2.76 bits per heavy atom. The second-order valence-corrected chi connectivity index (χ2v) is 4.61. The number of tetrazole rings is 1. The summed E-state index contributed by atoms with van der Waals surface area (Å²) in [7, 11) is 0. The minimum absolute atomic E-state index is 0.113. The van der Waals surface area contributed by atoms with E-state index in [1.165, 1.54) is 4.63 Å². The van der Waals surface area contributed by atoms with Crippen molar-refractivity contribution in [3.63, 3.8) is 0 Å². The molecule has 0 amide bonds. The topological polar surface area (TPSA) is 77.2 Å². The maximum atomic E-state index is 5.44. The number of fused-ring (bicyclic) bond motifs is 1. The molecule has 0 saturated heterocycles. The SMILES string of the molecule is CCOc1ccc([C@@H](C)Nc2ccc3nnnn3n2)cc1. The fourth-order valence-electron chi connectivity index (χ4n) is 2.05. The summed E-state index contributed by atoms with van der Waals surface area (Å²) in [6.45, 7) is 4.71. The van der Waals surface area contributed by atoms with Gasteiger partial charge in [0.1, 0.15) is 11.6 Å². The molecule has 7 nitrogen and oxygen atoms in total. The van der Waals surface area contributed by atoms with Crippen LogP contribution in [0.5, 0.6) is 5.75 Å². The summed E-state index contributed by atoms with van der Waals surface area (Å²) in [6.07, 6.45) is 0. The van der Waals surface area contributed by atoms with Crippen molar-refractivity contribution in [2.45, 2.75) is 19.9 Å². The second kappa shape index (κ2) is 5.74. The van der Waals surface area contributed by atoms with Gasteiger partial charge in [-0.2, -0.15) is 0 Å². The van der Waals surface area contributed by atoms with Crippen LogP contribution in [0.2, 0.25) is 0 Å². The lowest BCUT2D eigenvalue weighted by Crippen LogP contribution is -2.09. The van der Waals surface area contributed by atoms with Crippen LogP contribution in [-0.4, -0.2) is 31.9 Å². The average molecular weight is 284 g/mol. The van der Waals surface area contributed by atoms with Crippen molar-refractivity contribution in [1.29, 1.82) is 0 Å². The smallest absolute Gasteiger partial charge is 0.200 e. The molecular weight excluding hydrogens is 268 g/mol. The van der Waals surface area contributed by atoms with E-state index in [-0.39, 0.29) is 6.04 Å². The highest BCUT2D eigenvalue weighted by atomic mass is 16.5. The summed E-state index contributed by atoms with van der Waals surface area (Å²) >= 11 is 0. The molecule has 108 valence electrons. The Bertz CT molecular complexity index is 724. The average Bonchev–Trinajstić information content (AvgIpc) is 2.96. The number of hydrogen-bond acceptors (Lipinski definition) is 6. The van der Waals surface area contributed by atoms with E-state index in [0.29, 0.717) is 12.3 Å². The molecule has 0 saturated carbocycles. The molecule has 3 aromatic rings. The van der Waals surface area contributed by atoms with Gasteiger partial charge in [0, 0.05) is 0 Å². The third-order valence-electron chi connectivity index (χ3n) is 3.13. The number of nitrogens with zero attached hydrogens (tertiary/aromatic N) is 5. The molecule has 21 heavy (non-hydrogen) atoms. The molecule has 1 N–H and O–H groups in total. The summed E-state index contributed by atoms with van der Waals surface area (Å²) in [5, 5.41) is 18.8. The van der Waals surface area contributed by atoms with Gasteiger partial charge in [0.25, 0.3) is 0 Å². The Kier molecular flexibility index (Phi) is 3.63. The van der Waals surface area contributed by atoms with E-state index >= 15 is 0 Å². The highest BCUT2D eigenvalue weighted by molar-refractivity contribution is 5.44. The van der Waals surface area contributed by atoms with E-state index in [1.807, 2.05) is 43.3 Å². The summed E-state index contributed by atoms with van der Waals surface area (Å²) in [4.78, 5) is 0. The van der Waals surface area contributed by atoms with Crippen LogP contribution < -0.4 is 10.1 Å². The van der Waals surface area contributed by atoms with Gasteiger partial charge in [-0.1, -0.05) is 12.1 Å². The number of benzene rings is 1. The fraction of sp³-hybridized carbons (Fsp3) is 0.286. The lowest BCUT2D eigenvalue weighted by atomic mass is 10.1. The first kappa shape index (κ1) is 13.3. The van der Waals surface area contributed by atoms with E-state index in [1.54, 1.807) is 0 Å². The van der Waals surface area contributed by atoms with Gasteiger partial charge in [0.15, 0.2) is 5.65 Å². The van der Waals surface area contributed by atoms with E-state index < -0.39 is 0 Å². The van der Waals surface area contributed by atoms with Gasteiger partial charge in [0.05, 0.1) is 12.6 Å². The molecule has 2 aromatic heterocycles. The maximum Gasteiger partial charge on any atom is 0.200 e. The molecule has 1 aromatic carbocycles. The Hall–Kier alpha value is -2.70. The molecule has 7 heteroatoms. The maximum absolute atomic E-state index is 5.44. The summed E-state index contributed by atoms with van der Waals surface area (Å²) in [5.41, 5.74) is 1.77. The van der Waals surface area contributed by atoms with Crippen molar-refractivity contribution in [2.24, 2.45) is 0 Å². The number of nitrogens with one attached hydrogen (secondary N) is 1. The minimum atomic E-state index is 0.113. The number of rotatable bonds is 5. The number of hydrogen-bond donors (Lipinski definition) is 1. The van der Waals surface area contributed by atoms with Crippen LogP contribution in [0.15, 0.2) is 36.4 Å². The van der Waals surface area contributed by atoms with Crippen molar-refractivity contribution < 1.29 is 4.74 Å². The second-order valence-electron chi connectivity index (χ2n) is 4.61. The normalized spacial score (nSPS) is 12.3. The first-order valence-electron chi connectivity index (χ1n) is 6.81. The quantitative estimate of drug-likeness (QED) is 0.773. The molecule has 0 radical (unpaired) electrons. The van der Waals surface area contributed by atoms with E-state index in [2.05, 4.69) is 32.9 Å². The predicted octanol–water partition coefficient (Wildman–Crippen LogP) is 2.09. The predicted molar refractivity (Wildman–Crippen MR) is 78.2 cm³/mol. The zero-order valence-electron chi connectivity index (χ0n) is 11.9. The van der Waals surface area contributed by atoms with Crippen molar-refractivity contribution in [3.8, 4) is 5.75 Å². The highest BCUT2D eigenvalue weighted by Crippen LogP contribution is 2.20. The van der Waals surface area contributed by atoms with Crippen molar-refractivity contribution in [3.05, 3.63) is 42.0 Å². The molecular formula is C14H16N6O. The van der Waals surface area contributed by atoms with Crippen LogP contribution in [0.3, 0.4) is 0 Å². The monoisotopic (exact) mass is 284 g/mol. The molecule has 0 spiro atoms. The summed E-state index contributed by atoms with van der Waals surface area (Å²) in [6, 6.07) is 11.8.